The van der Waals surface area contributed by atoms with Crippen LogP contribution in [0.25, 0.3) is 0 Å². The Kier molecular flexibility index (Phi) is 5.28. The molecule has 0 spiro atoms. The zero-order chi connectivity index (χ0) is 16.1. The van der Waals surface area contributed by atoms with Crippen LogP contribution in [0.4, 0.5) is 5.69 Å². The van der Waals surface area contributed by atoms with Crippen molar-refractivity contribution in [1.82, 2.24) is 5.32 Å². The number of carbonyl (C=O) groups excluding carboxylic acids is 2. The summed E-state index contributed by atoms with van der Waals surface area (Å²) < 4.78 is 5.68. The first-order valence-corrected chi connectivity index (χ1v) is 8.54. The van der Waals surface area contributed by atoms with Crippen LogP contribution in [-0.4, -0.2) is 30.6 Å². The second kappa shape index (κ2) is 7.59. The van der Waals surface area contributed by atoms with Gasteiger partial charge in [-0.3, -0.25) is 9.59 Å². The standard InChI is InChI=1S/C18H24N2O3/c21-17(12-23-14-6-2-1-3-7-14)20-16-9-5-4-8-15(16)18(22)19-13-10-11-13/h4-5,8-9,13-14H,1-3,6-7,10-12H2,(H,19,22)(H,20,21). The number of ether oxygens (including phenoxy) is 1. The lowest BCUT2D eigenvalue weighted by atomic mass is 9.98. The Morgan fingerprint density at radius 1 is 1.04 bits per heavy atom. The Morgan fingerprint density at radius 2 is 1.78 bits per heavy atom. The van der Waals surface area contributed by atoms with Crippen molar-refractivity contribution in [2.45, 2.75) is 57.1 Å². The predicted molar refractivity (Wildman–Crippen MR) is 88.4 cm³/mol. The zero-order valence-electron chi connectivity index (χ0n) is 13.3. The van der Waals surface area contributed by atoms with E-state index in [1.165, 1.54) is 19.3 Å². The fraction of sp³-hybridized carbons (Fsp3) is 0.556. The average Bonchev–Trinajstić information content (AvgIpc) is 3.38. The number of anilines is 1. The normalized spacial score (nSPS) is 18.4. The van der Waals surface area contributed by atoms with E-state index < -0.39 is 0 Å². The Balaban J connectivity index is 1.53. The number of hydrogen-bond donors (Lipinski definition) is 2. The third kappa shape index (κ3) is 4.79. The van der Waals surface area contributed by atoms with E-state index in [2.05, 4.69) is 10.6 Å². The van der Waals surface area contributed by atoms with Gasteiger partial charge in [0.1, 0.15) is 6.61 Å². The maximum absolute atomic E-state index is 12.2. The molecule has 1 aromatic rings. The van der Waals surface area contributed by atoms with Gasteiger partial charge in [-0.15, -0.1) is 0 Å². The highest BCUT2D eigenvalue weighted by Gasteiger charge is 2.25. The molecule has 0 atom stereocenters. The molecular weight excluding hydrogens is 292 g/mol. The monoisotopic (exact) mass is 316 g/mol. The Labute approximate surface area is 136 Å². The van der Waals surface area contributed by atoms with E-state index in [0.717, 1.165) is 25.7 Å². The van der Waals surface area contributed by atoms with Gasteiger partial charge in [-0.05, 0) is 37.8 Å². The Hall–Kier alpha value is -1.88. The van der Waals surface area contributed by atoms with Gasteiger partial charge in [-0.25, -0.2) is 0 Å². The van der Waals surface area contributed by atoms with Crippen LogP contribution in [-0.2, 0) is 9.53 Å². The fourth-order valence-corrected chi connectivity index (χ4v) is 2.89. The first-order chi connectivity index (χ1) is 11.2. The summed E-state index contributed by atoms with van der Waals surface area (Å²) in [5, 5.41) is 5.75. The van der Waals surface area contributed by atoms with E-state index in [4.69, 9.17) is 4.74 Å². The maximum atomic E-state index is 12.2. The number of amides is 2. The van der Waals surface area contributed by atoms with Crippen molar-refractivity contribution in [2.24, 2.45) is 0 Å². The average molecular weight is 316 g/mol. The number of rotatable bonds is 6. The highest BCUT2D eigenvalue weighted by molar-refractivity contribution is 6.04. The molecule has 2 aliphatic carbocycles. The van der Waals surface area contributed by atoms with Gasteiger partial charge in [-0.2, -0.15) is 0 Å². The molecule has 5 heteroatoms. The number of para-hydroxylation sites is 1. The molecule has 0 aliphatic heterocycles. The van der Waals surface area contributed by atoms with Crippen LogP contribution in [0.3, 0.4) is 0 Å². The molecular formula is C18H24N2O3. The molecule has 0 bridgehead atoms. The van der Waals surface area contributed by atoms with E-state index in [1.807, 2.05) is 6.07 Å². The van der Waals surface area contributed by atoms with E-state index >= 15 is 0 Å². The summed E-state index contributed by atoms with van der Waals surface area (Å²) in [7, 11) is 0. The third-order valence-corrected chi connectivity index (χ3v) is 4.36. The fourth-order valence-electron chi connectivity index (χ4n) is 2.89. The number of hydrogen-bond acceptors (Lipinski definition) is 3. The summed E-state index contributed by atoms with van der Waals surface area (Å²) >= 11 is 0. The van der Waals surface area contributed by atoms with Crippen molar-refractivity contribution >= 4 is 17.5 Å². The van der Waals surface area contributed by atoms with Crippen molar-refractivity contribution in [1.29, 1.82) is 0 Å². The van der Waals surface area contributed by atoms with Crippen LogP contribution in [0.15, 0.2) is 24.3 Å². The molecule has 1 aromatic carbocycles. The van der Waals surface area contributed by atoms with Gasteiger partial charge in [-0.1, -0.05) is 31.4 Å². The minimum absolute atomic E-state index is 0.0449. The molecule has 0 unspecified atom stereocenters. The van der Waals surface area contributed by atoms with Crippen LogP contribution in [0.5, 0.6) is 0 Å². The van der Waals surface area contributed by atoms with Gasteiger partial charge >= 0.3 is 0 Å². The van der Waals surface area contributed by atoms with Crippen LogP contribution in [0.2, 0.25) is 0 Å². The summed E-state index contributed by atoms with van der Waals surface area (Å²) in [5.74, 6) is -0.334. The van der Waals surface area contributed by atoms with Gasteiger partial charge < -0.3 is 15.4 Å². The van der Waals surface area contributed by atoms with Gasteiger partial charge in [0.15, 0.2) is 0 Å². The number of benzene rings is 1. The van der Waals surface area contributed by atoms with Crippen LogP contribution in [0, 0.1) is 0 Å². The highest BCUT2D eigenvalue weighted by atomic mass is 16.5. The predicted octanol–water partition coefficient (Wildman–Crippen LogP) is 2.87. The molecule has 2 aliphatic rings. The highest BCUT2D eigenvalue weighted by Crippen LogP contribution is 2.22. The van der Waals surface area contributed by atoms with Gasteiger partial charge in [0.25, 0.3) is 5.91 Å². The number of carbonyl (C=O) groups is 2. The van der Waals surface area contributed by atoms with Crippen LogP contribution >= 0.6 is 0 Å². The maximum Gasteiger partial charge on any atom is 0.253 e. The minimum Gasteiger partial charge on any atom is -0.368 e. The molecule has 0 aromatic heterocycles. The Morgan fingerprint density at radius 3 is 2.52 bits per heavy atom. The van der Waals surface area contributed by atoms with Crippen molar-refractivity contribution < 1.29 is 14.3 Å². The van der Waals surface area contributed by atoms with E-state index in [1.54, 1.807) is 18.2 Å². The zero-order valence-corrected chi connectivity index (χ0v) is 13.3. The molecule has 0 heterocycles. The lowest BCUT2D eigenvalue weighted by Gasteiger charge is -2.21. The summed E-state index contributed by atoms with van der Waals surface area (Å²) in [5.41, 5.74) is 1.05. The first kappa shape index (κ1) is 16.0. The summed E-state index contributed by atoms with van der Waals surface area (Å²) in [6.07, 6.45) is 7.96. The van der Waals surface area contributed by atoms with Crippen molar-refractivity contribution in [3.63, 3.8) is 0 Å². The summed E-state index contributed by atoms with van der Waals surface area (Å²) in [4.78, 5) is 24.3. The van der Waals surface area contributed by atoms with Gasteiger partial charge in [0.2, 0.25) is 5.91 Å². The molecule has 0 saturated heterocycles. The van der Waals surface area contributed by atoms with Crippen molar-refractivity contribution in [3.8, 4) is 0 Å². The summed E-state index contributed by atoms with van der Waals surface area (Å²) in [6.45, 7) is 0.0449. The van der Waals surface area contributed by atoms with Crippen molar-refractivity contribution in [3.05, 3.63) is 29.8 Å². The second-order valence-corrected chi connectivity index (χ2v) is 6.41. The SMILES string of the molecule is O=C(COC1CCCCC1)Nc1ccccc1C(=O)NC1CC1. The lowest BCUT2D eigenvalue weighted by molar-refractivity contribution is -0.123. The van der Waals surface area contributed by atoms with E-state index in [-0.39, 0.29) is 24.5 Å². The van der Waals surface area contributed by atoms with Crippen LogP contribution < -0.4 is 10.6 Å². The Bertz CT molecular complexity index is 563. The number of nitrogens with one attached hydrogen (secondary N) is 2. The smallest absolute Gasteiger partial charge is 0.253 e. The second-order valence-electron chi connectivity index (χ2n) is 6.41. The van der Waals surface area contributed by atoms with Crippen molar-refractivity contribution in [2.75, 3.05) is 11.9 Å². The largest absolute Gasteiger partial charge is 0.368 e. The molecule has 2 N–H and O–H groups in total. The summed E-state index contributed by atoms with van der Waals surface area (Å²) in [6, 6.07) is 7.39. The third-order valence-electron chi connectivity index (χ3n) is 4.36. The van der Waals surface area contributed by atoms with E-state index in [9.17, 15) is 9.59 Å². The molecule has 2 fully saturated rings. The molecule has 2 amide bonds. The molecule has 2 saturated carbocycles. The van der Waals surface area contributed by atoms with E-state index in [0.29, 0.717) is 17.3 Å². The molecule has 3 rings (SSSR count). The molecule has 23 heavy (non-hydrogen) atoms. The molecule has 124 valence electrons. The van der Waals surface area contributed by atoms with Gasteiger partial charge in [0, 0.05) is 6.04 Å². The minimum atomic E-state index is -0.206. The quantitative estimate of drug-likeness (QED) is 0.848. The first-order valence-electron chi connectivity index (χ1n) is 8.54. The topological polar surface area (TPSA) is 67.4 Å². The van der Waals surface area contributed by atoms with Gasteiger partial charge in [0.05, 0.1) is 17.4 Å². The molecule has 5 nitrogen and oxygen atoms in total. The lowest BCUT2D eigenvalue weighted by Crippen LogP contribution is -2.28. The van der Waals surface area contributed by atoms with Crippen LogP contribution in [0.1, 0.15) is 55.3 Å². The molecule has 0 radical (unpaired) electrons.